The number of rotatable bonds is 4. The van der Waals surface area contributed by atoms with Gasteiger partial charge in [0.2, 0.25) is 0 Å². The maximum atomic E-state index is 13.1. The Bertz CT molecular complexity index is 1630. The number of nitrogens with two attached hydrogens (primary N) is 1. The lowest BCUT2D eigenvalue weighted by atomic mass is 9.83. The van der Waals surface area contributed by atoms with Crippen molar-refractivity contribution in [1.29, 1.82) is 5.26 Å². The molecule has 2 bridgehead atoms. The maximum Gasteiger partial charge on any atom is 0.251 e. The molecule has 2 atom stereocenters. The molecule has 0 spiro atoms. The van der Waals surface area contributed by atoms with Crippen LogP contribution >= 0.6 is 0 Å². The van der Waals surface area contributed by atoms with Gasteiger partial charge in [-0.05, 0) is 96.1 Å². The Balaban J connectivity index is 1.28. The average Bonchev–Trinajstić information content (AvgIpc) is 3.44. The van der Waals surface area contributed by atoms with Gasteiger partial charge < -0.3 is 15.8 Å². The molecule has 0 fully saturated rings. The second-order valence-electron chi connectivity index (χ2n) is 9.65. The quantitative estimate of drug-likeness (QED) is 0.420. The predicted octanol–water partition coefficient (Wildman–Crippen LogP) is 4.98. The summed E-state index contributed by atoms with van der Waals surface area (Å²) >= 11 is 0. The van der Waals surface area contributed by atoms with Gasteiger partial charge in [-0.3, -0.25) is 4.79 Å². The second kappa shape index (κ2) is 8.54. The number of hydrogen-bond acceptors (Lipinski definition) is 6. The molecule has 0 aliphatic carbocycles. The van der Waals surface area contributed by atoms with E-state index in [9.17, 15) is 10.1 Å². The van der Waals surface area contributed by atoms with Gasteiger partial charge in [0.15, 0.2) is 0 Å². The van der Waals surface area contributed by atoms with Crippen molar-refractivity contribution in [3.05, 3.63) is 111 Å². The zero-order valence-corrected chi connectivity index (χ0v) is 20.8. The molecule has 4 heterocycles. The predicted molar refractivity (Wildman–Crippen MR) is 140 cm³/mol. The minimum absolute atomic E-state index is 0.153. The highest BCUT2D eigenvalue weighted by molar-refractivity contribution is 5.94. The van der Waals surface area contributed by atoms with Crippen LogP contribution in [-0.4, -0.2) is 15.9 Å². The molecular weight excluding hydrogens is 462 g/mol. The molecule has 0 radical (unpaired) electrons. The van der Waals surface area contributed by atoms with Crippen LogP contribution in [0.5, 0.6) is 0 Å². The van der Waals surface area contributed by atoms with Crippen LogP contribution in [0.4, 0.5) is 5.82 Å². The number of ether oxygens (including phenoxy) is 1. The van der Waals surface area contributed by atoms with Crippen LogP contribution in [-0.2, 0) is 11.3 Å². The number of nitrogens with zero attached hydrogens (tertiary/aromatic N) is 3. The van der Waals surface area contributed by atoms with Crippen LogP contribution in [0.1, 0.15) is 73.0 Å². The lowest BCUT2D eigenvalue weighted by Crippen LogP contribution is -2.24. The number of carbonyl (C=O) groups is 1. The van der Waals surface area contributed by atoms with Crippen LogP contribution in [0, 0.1) is 32.1 Å². The van der Waals surface area contributed by atoms with E-state index >= 15 is 0 Å². The average molecular weight is 488 g/mol. The summed E-state index contributed by atoms with van der Waals surface area (Å²) in [4.78, 5) is 21.8. The number of anilines is 1. The van der Waals surface area contributed by atoms with Gasteiger partial charge in [0.25, 0.3) is 5.91 Å². The van der Waals surface area contributed by atoms with Gasteiger partial charge in [0.1, 0.15) is 29.8 Å². The lowest BCUT2D eigenvalue weighted by Gasteiger charge is -2.18. The van der Waals surface area contributed by atoms with Crippen molar-refractivity contribution in [3.8, 4) is 17.2 Å². The molecule has 0 saturated heterocycles. The molecule has 7 nitrogen and oxygen atoms in total. The standard InChI is InChI=1S/C30H25N5O2/c1-15-10-27(32)35-17(3)25(15)14-33-30(36)19-6-9-22-24(12-19)29-23-11-18(5-8-21(23)28(22)37-29)20-7-4-16(2)34-26(20)13-31/h4-12,28-29H,14H2,1-3H3,(H2,32,35)(H,33,36). The molecule has 4 aromatic rings. The Kier molecular flexibility index (Phi) is 5.28. The smallest absolute Gasteiger partial charge is 0.251 e. The Morgan fingerprint density at radius 1 is 0.973 bits per heavy atom. The minimum atomic E-state index is -0.252. The summed E-state index contributed by atoms with van der Waals surface area (Å²) in [7, 11) is 0. The first-order chi connectivity index (χ1) is 17.8. The molecule has 2 aromatic heterocycles. The number of nitrogen functional groups attached to an aromatic ring is 1. The molecule has 6 rings (SSSR count). The summed E-state index contributed by atoms with van der Waals surface area (Å²) in [5.74, 6) is 0.323. The van der Waals surface area contributed by atoms with Gasteiger partial charge in [0, 0.05) is 29.1 Å². The fourth-order valence-corrected chi connectivity index (χ4v) is 5.45. The topological polar surface area (TPSA) is 114 Å². The molecule has 1 amide bonds. The van der Waals surface area contributed by atoms with Gasteiger partial charge in [0.05, 0.1) is 0 Å². The van der Waals surface area contributed by atoms with Gasteiger partial charge in [-0.1, -0.05) is 18.2 Å². The van der Waals surface area contributed by atoms with Crippen LogP contribution in [0.3, 0.4) is 0 Å². The summed E-state index contributed by atoms with van der Waals surface area (Å²) in [6.45, 7) is 6.11. The third-order valence-corrected chi connectivity index (χ3v) is 7.29. The number of aryl methyl sites for hydroxylation is 3. The van der Waals surface area contributed by atoms with E-state index in [4.69, 9.17) is 10.5 Å². The first-order valence-corrected chi connectivity index (χ1v) is 12.2. The number of fused-ring (bicyclic) bond motifs is 8. The summed E-state index contributed by atoms with van der Waals surface area (Å²) < 4.78 is 6.35. The van der Waals surface area contributed by atoms with E-state index in [2.05, 4.69) is 33.5 Å². The molecule has 2 aromatic carbocycles. The number of amides is 1. The van der Waals surface area contributed by atoms with E-state index in [1.54, 1.807) is 0 Å². The zero-order chi connectivity index (χ0) is 25.8. The van der Waals surface area contributed by atoms with Crippen molar-refractivity contribution in [2.75, 3.05) is 5.73 Å². The van der Waals surface area contributed by atoms with Gasteiger partial charge in [-0.2, -0.15) is 5.26 Å². The summed E-state index contributed by atoms with van der Waals surface area (Å²) in [5, 5.41) is 12.6. The monoisotopic (exact) mass is 487 g/mol. The molecular formula is C30H25N5O2. The van der Waals surface area contributed by atoms with Crippen molar-refractivity contribution in [2.24, 2.45) is 0 Å². The molecule has 0 saturated carbocycles. The van der Waals surface area contributed by atoms with Gasteiger partial charge in [-0.25, -0.2) is 9.97 Å². The number of carbonyl (C=O) groups excluding carboxylic acids is 1. The molecule has 37 heavy (non-hydrogen) atoms. The molecule has 2 aliphatic heterocycles. The second-order valence-corrected chi connectivity index (χ2v) is 9.65. The van der Waals surface area contributed by atoms with E-state index in [0.29, 0.717) is 23.6 Å². The Labute approximate surface area is 215 Å². The van der Waals surface area contributed by atoms with E-state index in [1.807, 2.05) is 63.2 Å². The van der Waals surface area contributed by atoms with Gasteiger partial charge >= 0.3 is 0 Å². The van der Waals surface area contributed by atoms with Gasteiger partial charge in [-0.15, -0.1) is 0 Å². The Hall–Kier alpha value is -4.54. The van der Waals surface area contributed by atoms with Crippen LogP contribution < -0.4 is 11.1 Å². The van der Waals surface area contributed by atoms with E-state index in [0.717, 1.165) is 55.9 Å². The van der Waals surface area contributed by atoms with Crippen molar-refractivity contribution < 1.29 is 9.53 Å². The fourth-order valence-electron chi connectivity index (χ4n) is 5.45. The zero-order valence-electron chi connectivity index (χ0n) is 20.8. The summed E-state index contributed by atoms with van der Waals surface area (Å²) in [5.41, 5.74) is 16.4. The lowest BCUT2D eigenvalue weighted by molar-refractivity contribution is 0.0857. The van der Waals surface area contributed by atoms with E-state index in [-0.39, 0.29) is 18.1 Å². The maximum absolute atomic E-state index is 13.1. The van der Waals surface area contributed by atoms with E-state index in [1.165, 1.54) is 0 Å². The van der Waals surface area contributed by atoms with Crippen LogP contribution in [0.15, 0.2) is 54.6 Å². The summed E-state index contributed by atoms with van der Waals surface area (Å²) in [6.07, 6.45) is -0.406. The van der Waals surface area contributed by atoms with Crippen molar-refractivity contribution in [1.82, 2.24) is 15.3 Å². The number of aromatic nitrogens is 2. The third-order valence-electron chi connectivity index (χ3n) is 7.29. The first kappa shape index (κ1) is 22.9. The molecule has 2 aliphatic rings. The molecule has 7 heteroatoms. The number of benzene rings is 2. The number of nitriles is 1. The van der Waals surface area contributed by atoms with Crippen molar-refractivity contribution in [3.63, 3.8) is 0 Å². The minimum Gasteiger partial charge on any atom is -0.384 e. The third kappa shape index (κ3) is 3.74. The van der Waals surface area contributed by atoms with Crippen LogP contribution in [0.25, 0.3) is 11.1 Å². The molecule has 182 valence electrons. The summed E-state index contributed by atoms with van der Waals surface area (Å²) in [6, 6.07) is 19.8. The highest BCUT2D eigenvalue weighted by Crippen LogP contribution is 2.54. The van der Waals surface area contributed by atoms with Crippen molar-refractivity contribution in [2.45, 2.75) is 39.5 Å². The van der Waals surface area contributed by atoms with Crippen molar-refractivity contribution >= 4 is 11.7 Å². The molecule has 3 N–H and O–H groups in total. The normalized spacial score (nSPS) is 16.7. The molecule has 2 unspecified atom stereocenters. The Morgan fingerprint density at radius 3 is 2.46 bits per heavy atom. The highest BCUT2D eigenvalue weighted by atomic mass is 16.5. The van der Waals surface area contributed by atoms with Crippen LogP contribution in [0.2, 0.25) is 0 Å². The SMILES string of the molecule is Cc1ccc(-c2ccc3c(c2)C2OC3c3ccc(C(=O)NCc4c(C)cc(N)nc4C)cc32)c(C#N)n1. The number of hydrogen-bond donors (Lipinski definition) is 2. The highest BCUT2D eigenvalue weighted by Gasteiger charge is 2.43. The largest absolute Gasteiger partial charge is 0.384 e. The number of pyridine rings is 2. The first-order valence-electron chi connectivity index (χ1n) is 12.2. The fraction of sp³-hybridized carbons (Fsp3) is 0.200. The van der Waals surface area contributed by atoms with E-state index < -0.39 is 0 Å². The Morgan fingerprint density at radius 2 is 1.70 bits per heavy atom. The number of nitrogens with one attached hydrogen (secondary N) is 1.